The summed E-state index contributed by atoms with van der Waals surface area (Å²) in [5, 5.41) is 7.10. The molecular weight excluding hydrogens is 456 g/mol. The molecule has 2 N–H and O–H groups in total. The third-order valence-corrected chi connectivity index (χ3v) is 7.09. The van der Waals surface area contributed by atoms with Crippen LogP contribution in [0.1, 0.15) is 46.3 Å². The average Bonchev–Trinajstić information content (AvgIpc) is 3.76. The molecule has 178 valence electrons. The molecule has 1 atom stereocenters. The van der Waals surface area contributed by atoms with Crippen molar-refractivity contribution in [2.24, 2.45) is 0 Å². The van der Waals surface area contributed by atoms with Crippen molar-refractivity contribution in [2.75, 3.05) is 30.9 Å². The van der Waals surface area contributed by atoms with Gasteiger partial charge in [0.2, 0.25) is 0 Å². The molecule has 3 aromatic heterocycles. The fourth-order valence-electron chi connectivity index (χ4n) is 4.37. The number of nitrogens with one attached hydrogen (secondary N) is 2. The number of aromatic nitrogens is 4. The largest absolute Gasteiger partial charge is 0.369 e. The number of amides is 1. The van der Waals surface area contributed by atoms with Gasteiger partial charge in [-0.3, -0.25) is 14.8 Å². The number of para-hydroxylation sites is 1. The first-order valence-electron chi connectivity index (χ1n) is 11.8. The summed E-state index contributed by atoms with van der Waals surface area (Å²) in [6.07, 6.45) is 9.72. The van der Waals surface area contributed by atoms with Crippen LogP contribution in [-0.2, 0) is 0 Å². The van der Waals surface area contributed by atoms with E-state index in [4.69, 9.17) is 0 Å². The van der Waals surface area contributed by atoms with Crippen molar-refractivity contribution >= 4 is 34.4 Å². The van der Waals surface area contributed by atoms with E-state index in [0.29, 0.717) is 18.0 Å². The van der Waals surface area contributed by atoms with Crippen LogP contribution in [0.15, 0.2) is 61.2 Å². The number of carbonyl (C=O) groups excluding carboxylic acids is 1. The smallest absolute Gasteiger partial charge is 0.251 e. The molecule has 1 unspecified atom stereocenters. The molecule has 0 bridgehead atoms. The van der Waals surface area contributed by atoms with Crippen LogP contribution in [0, 0.1) is 0 Å². The lowest BCUT2D eigenvalue weighted by atomic mass is 9.95. The lowest BCUT2D eigenvalue weighted by Gasteiger charge is -2.19. The number of benzene rings is 1. The molecule has 4 aromatic rings. The van der Waals surface area contributed by atoms with Crippen molar-refractivity contribution in [3.8, 4) is 11.3 Å². The molecule has 0 spiro atoms. The fraction of sp³-hybridized carbons (Fsp3) is 0.296. The first-order valence-corrected chi connectivity index (χ1v) is 13.2. The zero-order valence-electron chi connectivity index (χ0n) is 19.9. The molecule has 5 rings (SSSR count). The molecule has 0 radical (unpaired) electrons. The quantitative estimate of drug-likeness (QED) is 0.350. The van der Waals surface area contributed by atoms with E-state index in [-0.39, 0.29) is 11.8 Å². The van der Waals surface area contributed by atoms with Gasteiger partial charge in [0, 0.05) is 66.3 Å². The van der Waals surface area contributed by atoms with Crippen LogP contribution in [0.4, 0.5) is 5.82 Å². The first-order chi connectivity index (χ1) is 17.2. The molecule has 1 aromatic carbocycles. The number of thioether (sulfide) groups is 1. The van der Waals surface area contributed by atoms with Crippen LogP contribution in [0.3, 0.4) is 0 Å². The molecular formula is C27H28N6OS. The molecule has 0 saturated heterocycles. The predicted molar refractivity (Wildman–Crippen MR) is 142 cm³/mol. The van der Waals surface area contributed by atoms with Gasteiger partial charge in [-0.2, -0.15) is 11.8 Å². The predicted octanol–water partition coefficient (Wildman–Crippen LogP) is 4.88. The minimum Gasteiger partial charge on any atom is -0.369 e. The van der Waals surface area contributed by atoms with Gasteiger partial charge in [-0.15, -0.1) is 0 Å². The molecule has 8 heteroatoms. The molecule has 1 fully saturated rings. The van der Waals surface area contributed by atoms with Gasteiger partial charge in [0.05, 0.1) is 16.8 Å². The van der Waals surface area contributed by atoms with E-state index >= 15 is 0 Å². The van der Waals surface area contributed by atoms with E-state index < -0.39 is 0 Å². The van der Waals surface area contributed by atoms with Gasteiger partial charge in [-0.05, 0) is 42.9 Å². The third-order valence-electron chi connectivity index (χ3n) is 6.35. The van der Waals surface area contributed by atoms with Gasteiger partial charge < -0.3 is 10.6 Å². The Hall–Kier alpha value is -3.52. The molecule has 35 heavy (non-hydrogen) atoms. The van der Waals surface area contributed by atoms with Crippen LogP contribution < -0.4 is 10.6 Å². The van der Waals surface area contributed by atoms with Crippen LogP contribution in [-0.4, -0.2) is 51.4 Å². The Morgan fingerprint density at radius 3 is 2.74 bits per heavy atom. The van der Waals surface area contributed by atoms with Gasteiger partial charge in [-0.25, -0.2) is 9.97 Å². The van der Waals surface area contributed by atoms with Crippen LogP contribution >= 0.6 is 11.8 Å². The summed E-state index contributed by atoms with van der Waals surface area (Å²) in [6.45, 7) is 0.686. The molecule has 1 saturated carbocycles. The average molecular weight is 485 g/mol. The molecule has 1 aliphatic rings. The van der Waals surface area contributed by atoms with E-state index in [1.807, 2.05) is 30.5 Å². The summed E-state index contributed by atoms with van der Waals surface area (Å²) in [4.78, 5) is 30.5. The minimum absolute atomic E-state index is 0.108. The fourth-order valence-corrected chi connectivity index (χ4v) is 5.07. The molecule has 0 aliphatic heterocycles. The van der Waals surface area contributed by atoms with Gasteiger partial charge in [-0.1, -0.05) is 18.2 Å². The number of carbonyl (C=O) groups is 1. The number of rotatable bonds is 9. The second kappa shape index (κ2) is 10.4. The highest BCUT2D eigenvalue weighted by atomic mass is 32.2. The summed E-state index contributed by atoms with van der Waals surface area (Å²) in [6, 6.07) is 14.0. The van der Waals surface area contributed by atoms with E-state index in [9.17, 15) is 4.79 Å². The topological polar surface area (TPSA) is 92.7 Å². The maximum atomic E-state index is 12.4. The number of nitrogens with zero attached hydrogens (tertiary/aromatic N) is 4. The Morgan fingerprint density at radius 2 is 1.94 bits per heavy atom. The van der Waals surface area contributed by atoms with Crippen LogP contribution in [0.2, 0.25) is 0 Å². The standard InChI is InChI=1S/C27H28N6OS/c1-28-27(34)22-9-11-30-26-20(4-3-5-21(22)26)19(15-35-2)14-31-25-13-24(32-16-33-25)18-8-10-29-23(12-18)17-6-7-17/h3-5,8-13,16-17,19H,6-7,14-15H2,1-2H3,(H,28,34)(H,31,32,33). The number of hydrogen-bond donors (Lipinski definition) is 2. The van der Waals surface area contributed by atoms with E-state index in [1.54, 1.807) is 37.4 Å². The van der Waals surface area contributed by atoms with Crippen molar-refractivity contribution in [1.82, 2.24) is 25.3 Å². The van der Waals surface area contributed by atoms with Gasteiger partial charge in [0.1, 0.15) is 12.1 Å². The number of anilines is 1. The maximum absolute atomic E-state index is 12.4. The van der Waals surface area contributed by atoms with Gasteiger partial charge in [0.25, 0.3) is 5.91 Å². The zero-order chi connectivity index (χ0) is 24.2. The molecule has 7 nitrogen and oxygen atoms in total. The van der Waals surface area contributed by atoms with E-state index in [0.717, 1.165) is 45.0 Å². The number of hydrogen-bond acceptors (Lipinski definition) is 7. The Bertz CT molecular complexity index is 1360. The second-order valence-electron chi connectivity index (χ2n) is 8.75. The Kier molecular flexibility index (Phi) is 6.90. The van der Waals surface area contributed by atoms with Gasteiger partial charge >= 0.3 is 0 Å². The Labute approximate surface area is 209 Å². The number of fused-ring (bicyclic) bond motifs is 1. The van der Waals surface area contributed by atoms with Crippen molar-refractivity contribution in [2.45, 2.75) is 24.7 Å². The minimum atomic E-state index is -0.108. The Morgan fingerprint density at radius 1 is 1.09 bits per heavy atom. The molecule has 3 heterocycles. The van der Waals surface area contributed by atoms with Crippen molar-refractivity contribution in [1.29, 1.82) is 0 Å². The van der Waals surface area contributed by atoms with E-state index in [2.05, 4.69) is 49.0 Å². The summed E-state index contributed by atoms with van der Waals surface area (Å²) >= 11 is 1.79. The molecule has 1 amide bonds. The van der Waals surface area contributed by atoms with Gasteiger partial charge in [0.15, 0.2) is 0 Å². The van der Waals surface area contributed by atoms with Crippen LogP contribution in [0.25, 0.3) is 22.2 Å². The van der Waals surface area contributed by atoms with Crippen molar-refractivity contribution < 1.29 is 4.79 Å². The van der Waals surface area contributed by atoms with Crippen molar-refractivity contribution in [3.05, 3.63) is 78.0 Å². The molecule has 1 aliphatic carbocycles. The zero-order valence-corrected chi connectivity index (χ0v) is 20.7. The lowest BCUT2D eigenvalue weighted by molar-refractivity contribution is 0.0964. The number of pyridine rings is 2. The summed E-state index contributed by atoms with van der Waals surface area (Å²) in [7, 11) is 1.65. The SMILES string of the molecule is CNC(=O)c1ccnc2c(C(CNc3cc(-c4ccnc(C5CC5)c4)ncn3)CSC)cccc12. The van der Waals surface area contributed by atoms with Crippen molar-refractivity contribution in [3.63, 3.8) is 0 Å². The second-order valence-corrected chi connectivity index (χ2v) is 9.66. The third kappa shape index (κ3) is 5.12. The highest BCUT2D eigenvalue weighted by molar-refractivity contribution is 7.98. The first kappa shape index (κ1) is 23.2. The van der Waals surface area contributed by atoms with E-state index in [1.165, 1.54) is 12.8 Å². The monoisotopic (exact) mass is 484 g/mol. The highest BCUT2D eigenvalue weighted by Crippen LogP contribution is 2.39. The maximum Gasteiger partial charge on any atom is 0.251 e. The normalized spacial score (nSPS) is 14.0. The lowest BCUT2D eigenvalue weighted by Crippen LogP contribution is -2.19. The summed E-state index contributed by atoms with van der Waals surface area (Å²) in [5.74, 6) is 2.36. The Balaban J connectivity index is 1.39. The summed E-state index contributed by atoms with van der Waals surface area (Å²) in [5.41, 5.74) is 5.71. The summed E-state index contributed by atoms with van der Waals surface area (Å²) < 4.78 is 0. The van der Waals surface area contributed by atoms with Crippen LogP contribution in [0.5, 0.6) is 0 Å². The highest BCUT2D eigenvalue weighted by Gasteiger charge is 2.25.